The topological polar surface area (TPSA) is 15.3 Å². The highest BCUT2D eigenvalue weighted by atomic mass is 32.1. The zero-order chi connectivity index (χ0) is 12.3. The van der Waals surface area contributed by atoms with E-state index in [0.29, 0.717) is 12.1 Å². The van der Waals surface area contributed by atoms with Crippen molar-refractivity contribution < 1.29 is 0 Å². The molecule has 2 rings (SSSR count). The summed E-state index contributed by atoms with van der Waals surface area (Å²) in [5, 5.41) is 3.78. The molecule has 3 heteroatoms. The largest absolute Gasteiger partial charge is 0.307 e. The lowest BCUT2D eigenvalue weighted by Gasteiger charge is -2.31. The van der Waals surface area contributed by atoms with Crippen molar-refractivity contribution in [1.82, 2.24) is 10.2 Å². The maximum Gasteiger partial charge on any atom is 0.0388 e. The summed E-state index contributed by atoms with van der Waals surface area (Å²) < 4.78 is 0. The second-order valence-electron chi connectivity index (χ2n) is 5.12. The van der Waals surface area contributed by atoms with E-state index in [9.17, 15) is 0 Å². The molecule has 96 valence electrons. The molecule has 0 amide bonds. The lowest BCUT2D eigenvalue weighted by atomic mass is 10.0. The Hall–Kier alpha value is -0.380. The Kier molecular flexibility index (Phi) is 4.60. The van der Waals surface area contributed by atoms with Gasteiger partial charge < -0.3 is 10.2 Å². The standard InChI is InChI=1S/C14H24N2S/c1-4-13-5-6-14(17-13)11(2)15-12-7-9-16(3)10-8-12/h5-6,11-12,15H,4,7-10H2,1-3H3. The van der Waals surface area contributed by atoms with E-state index in [1.54, 1.807) is 0 Å². The van der Waals surface area contributed by atoms with Crippen molar-refractivity contribution in [3.05, 3.63) is 21.9 Å². The van der Waals surface area contributed by atoms with Gasteiger partial charge in [-0.1, -0.05) is 6.92 Å². The summed E-state index contributed by atoms with van der Waals surface area (Å²) in [5.74, 6) is 0. The predicted molar refractivity (Wildman–Crippen MR) is 75.8 cm³/mol. The van der Waals surface area contributed by atoms with Crippen LogP contribution in [0.3, 0.4) is 0 Å². The molecule has 2 nitrogen and oxygen atoms in total. The van der Waals surface area contributed by atoms with E-state index >= 15 is 0 Å². The van der Waals surface area contributed by atoms with Gasteiger partial charge >= 0.3 is 0 Å². The normalized spacial score (nSPS) is 20.6. The van der Waals surface area contributed by atoms with Crippen LogP contribution in [-0.4, -0.2) is 31.1 Å². The third kappa shape index (κ3) is 3.54. The fourth-order valence-corrected chi connectivity index (χ4v) is 3.39. The summed E-state index contributed by atoms with van der Waals surface area (Å²) in [5.41, 5.74) is 0. The summed E-state index contributed by atoms with van der Waals surface area (Å²) in [7, 11) is 2.21. The molecule has 0 spiro atoms. The van der Waals surface area contributed by atoms with Crippen LogP contribution in [0.5, 0.6) is 0 Å². The first-order chi connectivity index (χ1) is 8.19. The van der Waals surface area contributed by atoms with E-state index < -0.39 is 0 Å². The first kappa shape index (κ1) is 13.1. The monoisotopic (exact) mass is 252 g/mol. The van der Waals surface area contributed by atoms with Crippen molar-refractivity contribution in [2.24, 2.45) is 0 Å². The molecule has 17 heavy (non-hydrogen) atoms. The highest BCUT2D eigenvalue weighted by Crippen LogP contribution is 2.24. The first-order valence-corrected chi connectivity index (χ1v) is 7.54. The molecule has 1 fully saturated rings. The minimum Gasteiger partial charge on any atom is -0.307 e. The van der Waals surface area contributed by atoms with Gasteiger partial charge in [0.15, 0.2) is 0 Å². The second-order valence-corrected chi connectivity index (χ2v) is 6.32. The van der Waals surface area contributed by atoms with Crippen molar-refractivity contribution in [3.8, 4) is 0 Å². The van der Waals surface area contributed by atoms with Gasteiger partial charge in [0.1, 0.15) is 0 Å². The molecule has 1 aliphatic heterocycles. The van der Waals surface area contributed by atoms with Crippen LogP contribution < -0.4 is 5.32 Å². The average Bonchev–Trinajstić information content (AvgIpc) is 2.81. The van der Waals surface area contributed by atoms with Crippen LogP contribution in [0.2, 0.25) is 0 Å². The third-order valence-electron chi connectivity index (χ3n) is 3.66. The van der Waals surface area contributed by atoms with Crippen LogP contribution in [-0.2, 0) is 6.42 Å². The highest BCUT2D eigenvalue weighted by Gasteiger charge is 2.19. The molecular formula is C14H24N2S. The quantitative estimate of drug-likeness (QED) is 0.886. The summed E-state index contributed by atoms with van der Waals surface area (Å²) in [6.07, 6.45) is 3.73. The predicted octanol–water partition coefficient (Wildman–Crippen LogP) is 3.06. The number of rotatable bonds is 4. The maximum absolute atomic E-state index is 3.78. The fourth-order valence-electron chi connectivity index (χ4n) is 2.43. The first-order valence-electron chi connectivity index (χ1n) is 6.72. The minimum atomic E-state index is 0.508. The van der Waals surface area contributed by atoms with E-state index in [-0.39, 0.29) is 0 Å². The zero-order valence-corrected chi connectivity index (χ0v) is 12.0. The van der Waals surface area contributed by atoms with Crippen molar-refractivity contribution in [1.29, 1.82) is 0 Å². The van der Waals surface area contributed by atoms with Crippen LogP contribution >= 0.6 is 11.3 Å². The molecular weight excluding hydrogens is 228 g/mol. The van der Waals surface area contributed by atoms with Crippen LogP contribution in [0.25, 0.3) is 0 Å². The molecule has 1 aliphatic rings. The molecule has 0 bridgehead atoms. The molecule has 1 atom stereocenters. The maximum atomic E-state index is 3.78. The van der Waals surface area contributed by atoms with Gasteiger partial charge in [0, 0.05) is 21.8 Å². The molecule has 0 radical (unpaired) electrons. The number of piperidine rings is 1. The number of hydrogen-bond donors (Lipinski definition) is 1. The molecule has 1 N–H and O–H groups in total. The van der Waals surface area contributed by atoms with E-state index in [0.717, 1.165) is 6.42 Å². The Balaban J connectivity index is 1.86. The summed E-state index contributed by atoms with van der Waals surface area (Å²) in [6.45, 7) is 6.98. The van der Waals surface area contributed by atoms with Crippen LogP contribution in [0.4, 0.5) is 0 Å². The number of nitrogens with zero attached hydrogens (tertiary/aromatic N) is 1. The zero-order valence-electron chi connectivity index (χ0n) is 11.2. The van der Waals surface area contributed by atoms with Crippen molar-refractivity contribution in [2.45, 2.75) is 45.2 Å². The van der Waals surface area contributed by atoms with E-state index in [1.807, 2.05) is 11.3 Å². The molecule has 0 aliphatic carbocycles. The number of thiophene rings is 1. The molecule has 1 unspecified atom stereocenters. The van der Waals surface area contributed by atoms with Crippen molar-refractivity contribution in [3.63, 3.8) is 0 Å². The van der Waals surface area contributed by atoms with Crippen molar-refractivity contribution in [2.75, 3.05) is 20.1 Å². The summed E-state index contributed by atoms with van der Waals surface area (Å²) in [6, 6.07) is 5.77. The Morgan fingerprint density at radius 3 is 2.71 bits per heavy atom. The van der Waals surface area contributed by atoms with Gasteiger partial charge in [0.05, 0.1) is 0 Å². The Bertz CT molecular complexity index is 340. The summed E-state index contributed by atoms with van der Waals surface area (Å²) in [4.78, 5) is 5.40. The van der Waals surface area contributed by atoms with Crippen LogP contribution in [0.1, 0.15) is 42.5 Å². The van der Waals surface area contributed by atoms with Gasteiger partial charge in [-0.25, -0.2) is 0 Å². The smallest absolute Gasteiger partial charge is 0.0388 e. The minimum absolute atomic E-state index is 0.508. The van der Waals surface area contributed by atoms with E-state index in [1.165, 1.54) is 35.7 Å². The molecule has 0 saturated carbocycles. The average molecular weight is 252 g/mol. The molecule has 0 aromatic carbocycles. The Morgan fingerprint density at radius 2 is 2.12 bits per heavy atom. The Morgan fingerprint density at radius 1 is 1.41 bits per heavy atom. The van der Waals surface area contributed by atoms with Gasteiger partial charge in [0.25, 0.3) is 0 Å². The van der Waals surface area contributed by atoms with Gasteiger partial charge in [0.2, 0.25) is 0 Å². The highest BCUT2D eigenvalue weighted by molar-refractivity contribution is 7.12. The van der Waals surface area contributed by atoms with E-state index in [2.05, 4.69) is 43.2 Å². The second kappa shape index (κ2) is 5.98. The van der Waals surface area contributed by atoms with Gasteiger partial charge in [-0.2, -0.15) is 0 Å². The molecule has 1 aromatic rings. The number of likely N-dealkylation sites (tertiary alicyclic amines) is 1. The van der Waals surface area contributed by atoms with Crippen LogP contribution in [0.15, 0.2) is 12.1 Å². The third-order valence-corrected chi connectivity index (χ3v) is 5.07. The Labute approximate surface area is 109 Å². The molecule has 2 heterocycles. The SMILES string of the molecule is CCc1ccc(C(C)NC2CCN(C)CC2)s1. The number of aryl methyl sites for hydroxylation is 1. The van der Waals surface area contributed by atoms with E-state index in [4.69, 9.17) is 0 Å². The number of nitrogens with one attached hydrogen (secondary N) is 1. The molecule has 1 aromatic heterocycles. The lowest BCUT2D eigenvalue weighted by Crippen LogP contribution is -2.41. The fraction of sp³-hybridized carbons (Fsp3) is 0.714. The van der Waals surface area contributed by atoms with Gasteiger partial charge in [-0.15, -0.1) is 11.3 Å². The van der Waals surface area contributed by atoms with Gasteiger partial charge in [-0.3, -0.25) is 0 Å². The molecule has 1 saturated heterocycles. The van der Waals surface area contributed by atoms with Crippen molar-refractivity contribution >= 4 is 11.3 Å². The summed E-state index contributed by atoms with van der Waals surface area (Å²) >= 11 is 1.96. The lowest BCUT2D eigenvalue weighted by molar-refractivity contribution is 0.227. The number of hydrogen-bond acceptors (Lipinski definition) is 3. The van der Waals surface area contributed by atoms with Gasteiger partial charge in [-0.05, 0) is 58.5 Å². The van der Waals surface area contributed by atoms with Crippen LogP contribution in [0, 0.1) is 0 Å².